The van der Waals surface area contributed by atoms with Gasteiger partial charge in [-0.1, -0.05) is 0 Å². The van der Waals surface area contributed by atoms with Crippen molar-refractivity contribution in [1.29, 1.82) is 0 Å². The molecule has 1 saturated heterocycles. The summed E-state index contributed by atoms with van der Waals surface area (Å²) in [5, 5.41) is 5.06. The Balaban J connectivity index is 2.63. The fourth-order valence-corrected chi connectivity index (χ4v) is 0.808. The van der Waals surface area contributed by atoms with Crippen molar-refractivity contribution in [1.82, 2.24) is 10.6 Å². The molecule has 1 fully saturated rings. The van der Waals surface area contributed by atoms with Crippen molar-refractivity contribution in [2.24, 2.45) is 0 Å². The molecule has 4 heteroatoms. The van der Waals surface area contributed by atoms with Crippen LogP contribution in [0.4, 0.5) is 0 Å². The van der Waals surface area contributed by atoms with Gasteiger partial charge in [0, 0.05) is 0 Å². The molecule has 2 N–H and O–H groups in total. The Morgan fingerprint density at radius 3 is 1.60 bits per heavy atom. The smallest absolute Gasteiger partial charge is 0.242 e. The highest BCUT2D eigenvalue weighted by atomic mass is 16.2. The average Bonchev–Trinajstić information content (AvgIpc) is 1.84. The average molecular weight is 142 g/mol. The van der Waals surface area contributed by atoms with E-state index in [4.69, 9.17) is 0 Å². The zero-order valence-electron chi connectivity index (χ0n) is 5.97. The molecule has 0 aromatic carbocycles. The number of hydrogen-bond donors (Lipinski definition) is 2. The zero-order chi connectivity index (χ0) is 7.72. The Hall–Kier alpha value is -1.06. The number of carbonyl (C=O) groups is 2. The number of rotatable bonds is 0. The molecule has 0 unspecified atom stereocenters. The van der Waals surface area contributed by atoms with Gasteiger partial charge in [-0.25, -0.2) is 0 Å². The van der Waals surface area contributed by atoms with Crippen molar-refractivity contribution >= 4 is 11.8 Å². The molecule has 0 saturated carbocycles. The second kappa shape index (κ2) is 2.28. The monoisotopic (exact) mass is 142 g/mol. The first-order chi connectivity index (χ1) is 4.61. The summed E-state index contributed by atoms with van der Waals surface area (Å²) >= 11 is 0. The summed E-state index contributed by atoms with van der Waals surface area (Å²) in [5.41, 5.74) is 0. The van der Waals surface area contributed by atoms with E-state index in [0.29, 0.717) is 0 Å². The highest BCUT2D eigenvalue weighted by molar-refractivity contribution is 5.96. The van der Waals surface area contributed by atoms with Crippen LogP contribution in [0.15, 0.2) is 0 Å². The molecule has 1 rings (SSSR count). The lowest BCUT2D eigenvalue weighted by Gasteiger charge is -2.24. The van der Waals surface area contributed by atoms with E-state index in [1.165, 1.54) is 0 Å². The lowest BCUT2D eigenvalue weighted by Crippen LogP contribution is -2.59. The fourth-order valence-electron chi connectivity index (χ4n) is 0.808. The van der Waals surface area contributed by atoms with E-state index in [1.807, 2.05) is 0 Å². The zero-order valence-corrected chi connectivity index (χ0v) is 5.97. The van der Waals surface area contributed by atoms with Gasteiger partial charge < -0.3 is 10.6 Å². The third-order valence-corrected chi connectivity index (χ3v) is 1.50. The summed E-state index contributed by atoms with van der Waals surface area (Å²) in [4.78, 5) is 21.6. The SMILES string of the molecule is C[C@@H]1NC(=O)[C@@H](C)NC1=O. The second-order valence-corrected chi connectivity index (χ2v) is 2.46. The van der Waals surface area contributed by atoms with Crippen LogP contribution in [-0.4, -0.2) is 23.9 Å². The minimum Gasteiger partial charge on any atom is -0.343 e. The van der Waals surface area contributed by atoms with Crippen LogP contribution in [0, 0.1) is 0 Å². The summed E-state index contributed by atoms with van der Waals surface area (Å²) in [7, 11) is 0. The van der Waals surface area contributed by atoms with E-state index in [-0.39, 0.29) is 23.9 Å². The normalized spacial score (nSPS) is 33.0. The largest absolute Gasteiger partial charge is 0.343 e. The lowest BCUT2D eigenvalue weighted by molar-refractivity contribution is -0.135. The van der Waals surface area contributed by atoms with E-state index < -0.39 is 0 Å². The lowest BCUT2D eigenvalue weighted by atomic mass is 10.2. The van der Waals surface area contributed by atoms with Gasteiger partial charge in [-0.05, 0) is 13.8 Å². The Kier molecular flexibility index (Phi) is 1.61. The maximum absolute atomic E-state index is 10.8. The van der Waals surface area contributed by atoms with E-state index in [9.17, 15) is 9.59 Å². The first kappa shape index (κ1) is 7.05. The summed E-state index contributed by atoms with van der Waals surface area (Å²) in [6.07, 6.45) is 0. The number of carbonyl (C=O) groups excluding carboxylic acids is 2. The Morgan fingerprint density at radius 2 is 1.30 bits per heavy atom. The van der Waals surface area contributed by atoms with E-state index in [2.05, 4.69) is 10.6 Å². The van der Waals surface area contributed by atoms with Crippen LogP contribution >= 0.6 is 0 Å². The van der Waals surface area contributed by atoms with Gasteiger partial charge in [0.15, 0.2) is 0 Å². The van der Waals surface area contributed by atoms with Crippen molar-refractivity contribution in [2.45, 2.75) is 25.9 Å². The van der Waals surface area contributed by atoms with Gasteiger partial charge in [-0.3, -0.25) is 9.59 Å². The Bertz CT molecular complexity index is 159. The Morgan fingerprint density at radius 1 is 1.00 bits per heavy atom. The molecule has 0 radical (unpaired) electrons. The van der Waals surface area contributed by atoms with Gasteiger partial charge in [-0.2, -0.15) is 0 Å². The van der Waals surface area contributed by atoms with E-state index in [0.717, 1.165) is 0 Å². The molecule has 56 valence electrons. The maximum atomic E-state index is 10.8. The standard InChI is InChI=1S/C6H10N2O2/c1-3-5(9)8-4(2)6(10)7-3/h3-4H,1-2H3,(H,7,10)(H,8,9)/t3-,4+. The minimum atomic E-state index is -0.385. The molecule has 0 spiro atoms. The van der Waals surface area contributed by atoms with Gasteiger partial charge in [0.1, 0.15) is 12.1 Å². The highest BCUT2D eigenvalue weighted by Gasteiger charge is 2.26. The third kappa shape index (κ3) is 1.10. The molecule has 10 heavy (non-hydrogen) atoms. The molecule has 0 aromatic rings. The van der Waals surface area contributed by atoms with Gasteiger partial charge in [-0.15, -0.1) is 0 Å². The topological polar surface area (TPSA) is 58.2 Å². The quantitative estimate of drug-likeness (QED) is 0.456. The van der Waals surface area contributed by atoms with Crippen molar-refractivity contribution in [3.63, 3.8) is 0 Å². The molecular weight excluding hydrogens is 132 g/mol. The Labute approximate surface area is 59.0 Å². The van der Waals surface area contributed by atoms with Crippen LogP contribution in [-0.2, 0) is 9.59 Å². The second-order valence-electron chi connectivity index (χ2n) is 2.46. The van der Waals surface area contributed by atoms with E-state index >= 15 is 0 Å². The van der Waals surface area contributed by atoms with Crippen LogP contribution in [0.2, 0.25) is 0 Å². The van der Waals surface area contributed by atoms with Crippen LogP contribution < -0.4 is 10.6 Å². The molecule has 2 amide bonds. The van der Waals surface area contributed by atoms with Crippen LogP contribution in [0.3, 0.4) is 0 Å². The van der Waals surface area contributed by atoms with Crippen molar-refractivity contribution in [2.75, 3.05) is 0 Å². The van der Waals surface area contributed by atoms with Crippen LogP contribution in [0.5, 0.6) is 0 Å². The number of hydrogen-bond acceptors (Lipinski definition) is 2. The predicted molar refractivity (Wildman–Crippen MR) is 35.2 cm³/mol. The minimum absolute atomic E-state index is 0.118. The van der Waals surface area contributed by atoms with Crippen molar-refractivity contribution in [3.05, 3.63) is 0 Å². The molecule has 2 atom stereocenters. The van der Waals surface area contributed by atoms with Gasteiger partial charge >= 0.3 is 0 Å². The number of piperazine rings is 1. The van der Waals surface area contributed by atoms with Crippen molar-refractivity contribution in [3.8, 4) is 0 Å². The molecule has 0 aromatic heterocycles. The van der Waals surface area contributed by atoms with Gasteiger partial charge in [0.05, 0.1) is 0 Å². The molecule has 1 heterocycles. The molecular formula is C6H10N2O2. The van der Waals surface area contributed by atoms with E-state index in [1.54, 1.807) is 13.8 Å². The highest BCUT2D eigenvalue weighted by Crippen LogP contribution is 1.94. The summed E-state index contributed by atoms with van der Waals surface area (Å²) in [5.74, 6) is -0.237. The predicted octanol–water partition coefficient (Wildman–Crippen LogP) is -0.991. The first-order valence-corrected chi connectivity index (χ1v) is 3.22. The first-order valence-electron chi connectivity index (χ1n) is 3.22. The fraction of sp³-hybridized carbons (Fsp3) is 0.667. The molecule has 0 aliphatic carbocycles. The van der Waals surface area contributed by atoms with Crippen molar-refractivity contribution < 1.29 is 9.59 Å². The molecule has 1 aliphatic rings. The number of nitrogens with one attached hydrogen (secondary N) is 2. The summed E-state index contributed by atoms with van der Waals surface area (Å²) in [6, 6.07) is -0.771. The molecule has 4 nitrogen and oxygen atoms in total. The van der Waals surface area contributed by atoms with Crippen LogP contribution in [0.1, 0.15) is 13.8 Å². The van der Waals surface area contributed by atoms with Crippen LogP contribution in [0.25, 0.3) is 0 Å². The molecule has 1 aliphatic heterocycles. The van der Waals surface area contributed by atoms with Gasteiger partial charge in [0.25, 0.3) is 0 Å². The summed E-state index contributed by atoms with van der Waals surface area (Å²) in [6.45, 7) is 3.30. The number of amides is 2. The van der Waals surface area contributed by atoms with Gasteiger partial charge in [0.2, 0.25) is 11.8 Å². The maximum Gasteiger partial charge on any atom is 0.242 e. The molecule has 0 bridgehead atoms. The summed E-state index contributed by atoms with van der Waals surface area (Å²) < 4.78 is 0. The third-order valence-electron chi connectivity index (χ3n) is 1.50.